The minimum Gasteiger partial charge on any atom is -0.497 e. The first-order valence-electron chi connectivity index (χ1n) is 10.2. The number of aliphatic hydroxyl groups is 1. The molecule has 7 heteroatoms. The van der Waals surface area contributed by atoms with Crippen molar-refractivity contribution in [1.82, 2.24) is 19.9 Å². The van der Waals surface area contributed by atoms with Gasteiger partial charge in [-0.1, -0.05) is 23.4 Å². The molecule has 152 valence electrons. The van der Waals surface area contributed by atoms with Crippen molar-refractivity contribution in [2.45, 2.75) is 49.9 Å². The van der Waals surface area contributed by atoms with Crippen LogP contribution in [-0.2, 0) is 6.54 Å². The molecule has 0 unspecified atom stereocenters. The van der Waals surface area contributed by atoms with E-state index in [1.165, 1.54) is 23.3 Å². The van der Waals surface area contributed by atoms with Crippen molar-refractivity contribution < 1.29 is 9.84 Å². The molecule has 3 heterocycles. The lowest BCUT2D eigenvalue weighted by atomic mass is 9.90. The number of likely N-dealkylation sites (tertiary alicyclic amines) is 1. The summed E-state index contributed by atoms with van der Waals surface area (Å²) >= 11 is 1.78. The summed E-state index contributed by atoms with van der Waals surface area (Å²) in [7, 11) is 1.68. The molecule has 1 saturated carbocycles. The van der Waals surface area contributed by atoms with Crippen LogP contribution in [0, 0.1) is 0 Å². The monoisotopic (exact) mass is 410 g/mol. The van der Waals surface area contributed by atoms with Gasteiger partial charge in [-0.25, -0.2) is 4.68 Å². The first-order valence-corrected chi connectivity index (χ1v) is 11.1. The third-order valence-corrected chi connectivity index (χ3v) is 6.94. The number of benzene rings is 1. The summed E-state index contributed by atoms with van der Waals surface area (Å²) in [6.45, 7) is 1.60. The van der Waals surface area contributed by atoms with E-state index in [0.29, 0.717) is 12.3 Å². The van der Waals surface area contributed by atoms with Gasteiger partial charge in [0.05, 0.1) is 24.9 Å². The maximum Gasteiger partial charge on any atom is 0.118 e. The number of piperidine rings is 1. The third kappa shape index (κ3) is 3.95. The van der Waals surface area contributed by atoms with Gasteiger partial charge in [0.1, 0.15) is 5.75 Å². The van der Waals surface area contributed by atoms with E-state index in [1.807, 2.05) is 23.0 Å². The minimum absolute atomic E-state index is 0.0792. The molecule has 0 amide bonds. The number of aliphatic hydroxyl groups excluding tert-OH is 1. The Morgan fingerprint density at radius 3 is 2.72 bits per heavy atom. The molecule has 29 heavy (non-hydrogen) atoms. The van der Waals surface area contributed by atoms with E-state index in [0.717, 1.165) is 24.5 Å². The first-order chi connectivity index (χ1) is 14.2. The van der Waals surface area contributed by atoms with Crippen molar-refractivity contribution in [2.75, 3.05) is 13.7 Å². The van der Waals surface area contributed by atoms with Gasteiger partial charge in [0.15, 0.2) is 0 Å². The number of rotatable bonds is 6. The van der Waals surface area contributed by atoms with Crippen molar-refractivity contribution >= 4 is 11.3 Å². The Labute approximate surface area is 174 Å². The summed E-state index contributed by atoms with van der Waals surface area (Å²) in [5.74, 6) is 1.42. The Bertz CT molecular complexity index is 936. The second-order valence-electron chi connectivity index (χ2n) is 8.07. The van der Waals surface area contributed by atoms with E-state index in [-0.39, 0.29) is 12.1 Å². The van der Waals surface area contributed by atoms with Crippen LogP contribution in [0.2, 0.25) is 0 Å². The molecular formula is C22H26N4O2S. The van der Waals surface area contributed by atoms with Crippen molar-refractivity contribution in [2.24, 2.45) is 0 Å². The van der Waals surface area contributed by atoms with Crippen molar-refractivity contribution in [3.63, 3.8) is 0 Å². The Kier molecular flexibility index (Phi) is 5.11. The summed E-state index contributed by atoms with van der Waals surface area (Å²) in [6.07, 6.45) is 4.66. The van der Waals surface area contributed by atoms with Crippen LogP contribution in [0.1, 0.15) is 53.4 Å². The molecule has 0 spiro atoms. The lowest BCUT2D eigenvalue weighted by molar-refractivity contribution is -0.0105. The number of hydrogen-bond donors (Lipinski definition) is 1. The standard InChI is InChI=1S/C22H26N4O2S/c1-28-17-8-6-16(7-9-17)20-11-22(27)21(14-25(20)12-18-3-2-10-29-18)26-13-19(23-24-26)15-4-5-15/h2-3,6-10,13,15,20-22,27H,4-5,11-12,14H2,1H3/t20-,21-,22-/m1/s1. The molecule has 1 aromatic carbocycles. The third-order valence-electron chi connectivity index (χ3n) is 6.07. The number of methoxy groups -OCH3 is 1. The molecular weight excluding hydrogens is 384 g/mol. The van der Waals surface area contributed by atoms with Gasteiger partial charge >= 0.3 is 0 Å². The lowest BCUT2D eigenvalue weighted by Gasteiger charge is -2.42. The SMILES string of the molecule is COc1ccc([C@H]2C[C@@H](O)[C@H](n3cc(C4CC4)nn3)CN2Cc2cccs2)cc1. The average Bonchev–Trinajstić information content (AvgIpc) is 3.25. The van der Waals surface area contributed by atoms with Crippen molar-refractivity contribution in [1.29, 1.82) is 0 Å². The molecule has 3 aromatic rings. The van der Waals surface area contributed by atoms with E-state index in [2.05, 4.69) is 44.9 Å². The van der Waals surface area contributed by atoms with Crippen LogP contribution in [0.5, 0.6) is 5.75 Å². The Morgan fingerprint density at radius 1 is 1.21 bits per heavy atom. The van der Waals surface area contributed by atoms with E-state index in [9.17, 15) is 5.11 Å². The summed E-state index contributed by atoms with van der Waals surface area (Å²) < 4.78 is 7.20. The number of aromatic nitrogens is 3. The van der Waals surface area contributed by atoms with Gasteiger partial charge in [0, 0.05) is 36.1 Å². The van der Waals surface area contributed by atoms with E-state index < -0.39 is 6.10 Å². The fourth-order valence-corrected chi connectivity index (χ4v) is 4.98. The van der Waals surface area contributed by atoms with Crippen LogP contribution >= 0.6 is 11.3 Å². The molecule has 1 aliphatic heterocycles. The van der Waals surface area contributed by atoms with Gasteiger partial charge in [-0.15, -0.1) is 16.4 Å². The zero-order valence-corrected chi connectivity index (χ0v) is 17.3. The van der Waals surface area contributed by atoms with Crippen LogP contribution in [0.3, 0.4) is 0 Å². The number of nitrogens with zero attached hydrogens (tertiary/aromatic N) is 4. The topological polar surface area (TPSA) is 63.4 Å². The average molecular weight is 411 g/mol. The van der Waals surface area contributed by atoms with Crippen LogP contribution < -0.4 is 4.74 Å². The second kappa shape index (κ2) is 7.89. The van der Waals surface area contributed by atoms with Crippen LogP contribution in [0.4, 0.5) is 0 Å². The van der Waals surface area contributed by atoms with Crippen molar-refractivity contribution in [3.05, 3.63) is 64.1 Å². The smallest absolute Gasteiger partial charge is 0.118 e. The summed E-state index contributed by atoms with van der Waals surface area (Å²) in [5, 5.41) is 21.9. The number of thiophene rings is 1. The fourth-order valence-electron chi connectivity index (χ4n) is 4.25. The molecule has 2 aliphatic rings. The molecule has 1 N–H and O–H groups in total. The fraction of sp³-hybridized carbons (Fsp3) is 0.455. The lowest BCUT2D eigenvalue weighted by Crippen LogP contribution is -2.45. The molecule has 1 saturated heterocycles. The normalized spacial score (nSPS) is 25.2. The summed E-state index contributed by atoms with van der Waals surface area (Å²) in [4.78, 5) is 3.79. The molecule has 2 fully saturated rings. The van der Waals surface area contributed by atoms with Gasteiger partial charge < -0.3 is 9.84 Å². The maximum absolute atomic E-state index is 11.0. The molecule has 0 radical (unpaired) electrons. The molecule has 5 rings (SSSR count). The Balaban J connectivity index is 1.41. The summed E-state index contributed by atoms with van der Waals surface area (Å²) in [5.41, 5.74) is 2.27. The highest BCUT2D eigenvalue weighted by molar-refractivity contribution is 7.09. The minimum atomic E-state index is -0.463. The zero-order chi connectivity index (χ0) is 19.8. The predicted octanol–water partition coefficient (Wildman–Crippen LogP) is 3.77. The predicted molar refractivity (Wildman–Crippen MR) is 112 cm³/mol. The summed E-state index contributed by atoms with van der Waals surface area (Å²) in [6, 6.07) is 12.6. The van der Waals surface area contributed by atoms with E-state index in [4.69, 9.17) is 4.74 Å². The molecule has 6 nitrogen and oxygen atoms in total. The Morgan fingerprint density at radius 2 is 2.03 bits per heavy atom. The van der Waals surface area contributed by atoms with E-state index in [1.54, 1.807) is 18.4 Å². The highest BCUT2D eigenvalue weighted by atomic mass is 32.1. The zero-order valence-electron chi connectivity index (χ0n) is 16.5. The highest BCUT2D eigenvalue weighted by Gasteiger charge is 2.38. The quantitative estimate of drug-likeness (QED) is 0.670. The van der Waals surface area contributed by atoms with Crippen LogP contribution in [-0.4, -0.2) is 44.8 Å². The van der Waals surface area contributed by atoms with Crippen LogP contribution in [0.25, 0.3) is 0 Å². The van der Waals surface area contributed by atoms with Gasteiger partial charge in [-0.05, 0) is 48.4 Å². The molecule has 0 bridgehead atoms. The van der Waals surface area contributed by atoms with Gasteiger partial charge in [-0.2, -0.15) is 0 Å². The number of hydrogen-bond acceptors (Lipinski definition) is 6. The Hall–Kier alpha value is -2.22. The van der Waals surface area contributed by atoms with Crippen LogP contribution in [0.15, 0.2) is 48.0 Å². The van der Waals surface area contributed by atoms with E-state index >= 15 is 0 Å². The highest BCUT2D eigenvalue weighted by Crippen LogP contribution is 2.40. The van der Waals surface area contributed by atoms with Gasteiger partial charge in [0.2, 0.25) is 0 Å². The number of ether oxygens (including phenoxy) is 1. The molecule has 3 atom stereocenters. The van der Waals surface area contributed by atoms with Crippen molar-refractivity contribution in [3.8, 4) is 5.75 Å². The second-order valence-corrected chi connectivity index (χ2v) is 9.10. The molecule has 2 aromatic heterocycles. The largest absolute Gasteiger partial charge is 0.497 e. The van der Waals surface area contributed by atoms with Gasteiger partial charge in [-0.3, -0.25) is 4.90 Å². The van der Waals surface area contributed by atoms with Gasteiger partial charge in [0.25, 0.3) is 0 Å². The first kappa shape index (κ1) is 18.8. The maximum atomic E-state index is 11.0. The molecule has 1 aliphatic carbocycles.